The van der Waals surface area contributed by atoms with E-state index in [-0.39, 0.29) is 18.9 Å². The molecule has 0 fully saturated rings. The summed E-state index contributed by atoms with van der Waals surface area (Å²) in [6, 6.07) is 6.66. The topological polar surface area (TPSA) is 63.7 Å². The summed E-state index contributed by atoms with van der Waals surface area (Å²) in [5.41, 5.74) is 0.962. The number of allylic oxidation sites excluding steroid dienone is 1. The van der Waals surface area contributed by atoms with Crippen molar-refractivity contribution in [3.05, 3.63) is 35.4 Å². The van der Waals surface area contributed by atoms with E-state index in [2.05, 4.69) is 0 Å². The van der Waals surface area contributed by atoms with E-state index in [4.69, 9.17) is 4.65 Å². The van der Waals surface area contributed by atoms with Gasteiger partial charge in [-0.1, -0.05) is 12.1 Å². The Kier molecular flexibility index (Phi) is 3.54. The van der Waals surface area contributed by atoms with Gasteiger partial charge in [0, 0.05) is 24.9 Å². The molecule has 0 N–H and O–H groups in total. The molecule has 0 unspecified atom stereocenters. The van der Waals surface area contributed by atoms with Crippen LogP contribution in [0.4, 0.5) is 5.69 Å². The summed E-state index contributed by atoms with van der Waals surface area (Å²) < 4.78 is 29.2. The molecule has 1 aromatic rings. The van der Waals surface area contributed by atoms with Crippen LogP contribution in [-0.2, 0) is 19.3 Å². The Balaban J connectivity index is 2.59. The van der Waals surface area contributed by atoms with Crippen LogP contribution in [0.5, 0.6) is 0 Å². The number of carbonyl (C=O) groups is 1. The lowest BCUT2D eigenvalue weighted by molar-refractivity contribution is -0.107. The number of benzene rings is 1. The highest BCUT2D eigenvalue weighted by Gasteiger charge is 2.28. The molecule has 2 rings (SSSR count). The number of nitrogens with zero attached hydrogens (tertiary/aromatic N) is 1. The van der Waals surface area contributed by atoms with Crippen LogP contribution in [0.2, 0.25) is 0 Å². The summed E-state index contributed by atoms with van der Waals surface area (Å²) in [4.78, 5) is 12.6. The molecule has 0 atom stereocenters. The minimum atomic E-state index is -3.48. The van der Waals surface area contributed by atoms with Gasteiger partial charge in [-0.2, -0.15) is 0 Å². The summed E-state index contributed by atoms with van der Waals surface area (Å²) in [5.74, 6) is 0. The summed E-state index contributed by atoms with van der Waals surface area (Å²) in [6.07, 6.45) is 0.717. The molecule has 18 heavy (non-hydrogen) atoms. The van der Waals surface area contributed by atoms with Crippen molar-refractivity contribution in [1.82, 2.24) is 0 Å². The number of hydrogen-bond acceptors (Lipinski definition) is 5. The van der Waals surface area contributed by atoms with Crippen LogP contribution >= 0.6 is 0 Å². The Morgan fingerprint density at radius 1 is 1.39 bits per heavy atom. The van der Waals surface area contributed by atoms with E-state index in [0.29, 0.717) is 17.7 Å². The predicted molar refractivity (Wildman–Crippen MR) is 69.0 cm³/mol. The van der Waals surface area contributed by atoms with E-state index in [9.17, 15) is 13.2 Å². The van der Waals surface area contributed by atoms with Crippen LogP contribution < -0.4 is 4.81 Å². The lowest BCUT2D eigenvalue weighted by Crippen LogP contribution is -2.33. The number of aldehydes is 1. The van der Waals surface area contributed by atoms with Crippen molar-refractivity contribution < 1.29 is 17.9 Å². The maximum atomic E-state index is 12.0. The standard InChI is InChI=1S/C11H12BNO4S/c1-17-12-13-9(6-7-14)8-18(15,16)11-5-3-2-4-10(11)13/h2-5,7-8,12H,6H2,1H3. The molecule has 0 saturated carbocycles. The molecule has 0 saturated heterocycles. The zero-order valence-electron chi connectivity index (χ0n) is 9.87. The molecule has 0 aromatic heterocycles. The second-order valence-corrected chi connectivity index (χ2v) is 5.60. The molecular weight excluding hydrogens is 253 g/mol. The first-order valence-corrected chi connectivity index (χ1v) is 6.89. The molecular formula is C11H12BNO4S. The van der Waals surface area contributed by atoms with Crippen molar-refractivity contribution >= 4 is 29.4 Å². The Labute approximate surface area is 106 Å². The molecule has 1 aromatic carbocycles. The van der Waals surface area contributed by atoms with Crippen LogP contribution in [0.1, 0.15) is 6.42 Å². The molecule has 94 valence electrons. The van der Waals surface area contributed by atoms with Crippen LogP contribution in [0.25, 0.3) is 0 Å². The normalized spacial score (nSPS) is 16.7. The maximum Gasteiger partial charge on any atom is 0.401 e. The quantitative estimate of drug-likeness (QED) is 0.590. The van der Waals surface area contributed by atoms with Gasteiger partial charge in [-0.05, 0) is 12.1 Å². The third-order valence-electron chi connectivity index (χ3n) is 2.65. The van der Waals surface area contributed by atoms with Gasteiger partial charge in [0.15, 0.2) is 0 Å². The van der Waals surface area contributed by atoms with Gasteiger partial charge in [-0.15, -0.1) is 0 Å². The molecule has 0 bridgehead atoms. The number of rotatable bonds is 4. The van der Waals surface area contributed by atoms with Crippen LogP contribution in [0.3, 0.4) is 0 Å². The largest absolute Gasteiger partial charge is 0.422 e. The molecule has 0 aliphatic carbocycles. The highest BCUT2D eigenvalue weighted by atomic mass is 32.2. The summed E-state index contributed by atoms with van der Waals surface area (Å²) >= 11 is 0. The zero-order valence-corrected chi connectivity index (χ0v) is 10.7. The van der Waals surface area contributed by atoms with Gasteiger partial charge >= 0.3 is 7.62 Å². The number of fused-ring (bicyclic) bond motifs is 1. The number of sulfone groups is 1. The second-order valence-electron chi connectivity index (χ2n) is 3.84. The van der Waals surface area contributed by atoms with Gasteiger partial charge in [0.1, 0.15) is 6.29 Å². The Hall–Kier alpha value is -1.60. The highest BCUT2D eigenvalue weighted by Crippen LogP contribution is 2.34. The number of anilines is 1. The summed E-state index contributed by atoms with van der Waals surface area (Å²) in [7, 11) is -1.76. The Bertz CT molecular complexity index is 597. The lowest BCUT2D eigenvalue weighted by atomic mass is 10.1. The smallest absolute Gasteiger partial charge is 0.401 e. The van der Waals surface area contributed by atoms with Gasteiger partial charge in [-0.3, -0.25) is 0 Å². The number of hydrogen-bond donors (Lipinski definition) is 0. The Morgan fingerprint density at radius 2 is 2.11 bits per heavy atom. The first kappa shape index (κ1) is 12.9. The zero-order chi connectivity index (χ0) is 13.2. The van der Waals surface area contributed by atoms with Crippen molar-refractivity contribution in [1.29, 1.82) is 0 Å². The molecule has 0 spiro atoms. The van der Waals surface area contributed by atoms with Crippen molar-refractivity contribution in [2.45, 2.75) is 11.3 Å². The van der Waals surface area contributed by atoms with Gasteiger partial charge in [0.25, 0.3) is 0 Å². The van der Waals surface area contributed by atoms with E-state index < -0.39 is 9.84 Å². The van der Waals surface area contributed by atoms with E-state index in [1.54, 1.807) is 29.1 Å². The summed E-state index contributed by atoms with van der Waals surface area (Å²) in [6.45, 7) is 0. The van der Waals surface area contributed by atoms with Gasteiger partial charge in [0.05, 0.1) is 10.3 Å². The first-order chi connectivity index (χ1) is 8.60. The molecule has 0 radical (unpaired) electrons. The van der Waals surface area contributed by atoms with Gasteiger partial charge in [-0.25, -0.2) is 8.42 Å². The third kappa shape index (κ3) is 2.19. The van der Waals surface area contributed by atoms with Crippen molar-refractivity contribution in [3.8, 4) is 0 Å². The molecule has 1 heterocycles. The van der Waals surface area contributed by atoms with Crippen molar-refractivity contribution in [2.24, 2.45) is 0 Å². The average molecular weight is 265 g/mol. The number of para-hydroxylation sites is 1. The molecule has 7 heteroatoms. The fourth-order valence-corrected chi connectivity index (χ4v) is 3.35. The fraction of sp³-hybridized carbons (Fsp3) is 0.182. The van der Waals surface area contributed by atoms with Gasteiger partial charge in [0.2, 0.25) is 9.84 Å². The minimum Gasteiger partial charge on any atom is -0.422 e. The van der Waals surface area contributed by atoms with Crippen LogP contribution in [0, 0.1) is 0 Å². The lowest BCUT2D eigenvalue weighted by Gasteiger charge is -2.30. The molecule has 1 aliphatic rings. The monoisotopic (exact) mass is 265 g/mol. The Morgan fingerprint density at radius 3 is 2.78 bits per heavy atom. The highest BCUT2D eigenvalue weighted by molar-refractivity contribution is 7.94. The first-order valence-electron chi connectivity index (χ1n) is 5.35. The maximum absolute atomic E-state index is 12.0. The number of carbonyl (C=O) groups excluding carboxylic acids is 1. The summed E-state index contributed by atoms with van der Waals surface area (Å²) in [5, 5.41) is 1.13. The molecule has 1 aliphatic heterocycles. The third-order valence-corrected chi connectivity index (χ3v) is 4.19. The fourth-order valence-electron chi connectivity index (χ4n) is 1.91. The average Bonchev–Trinajstić information content (AvgIpc) is 2.34. The van der Waals surface area contributed by atoms with E-state index in [1.165, 1.54) is 7.11 Å². The minimum absolute atomic E-state index is 0.0386. The van der Waals surface area contributed by atoms with Crippen LogP contribution in [0.15, 0.2) is 40.3 Å². The van der Waals surface area contributed by atoms with E-state index >= 15 is 0 Å². The van der Waals surface area contributed by atoms with Crippen LogP contribution in [-0.4, -0.2) is 29.4 Å². The van der Waals surface area contributed by atoms with Gasteiger partial charge < -0.3 is 14.3 Å². The van der Waals surface area contributed by atoms with E-state index in [1.807, 2.05) is 0 Å². The van der Waals surface area contributed by atoms with Crippen molar-refractivity contribution in [3.63, 3.8) is 0 Å². The molecule has 0 amide bonds. The molecule has 5 nitrogen and oxygen atoms in total. The predicted octanol–water partition coefficient (Wildman–Crippen LogP) is 0.624. The SMILES string of the molecule is COBN1C(CC=O)=CS(=O)(=O)c2ccccc21. The van der Waals surface area contributed by atoms with Crippen molar-refractivity contribution in [2.75, 3.05) is 11.9 Å². The second kappa shape index (κ2) is 4.95. The van der Waals surface area contributed by atoms with E-state index in [0.717, 1.165) is 5.41 Å².